The molecule has 2 rings (SSSR count). The van der Waals surface area contributed by atoms with Gasteiger partial charge >= 0.3 is 11.9 Å². The molecule has 1 saturated carbocycles. The molecule has 20 heavy (non-hydrogen) atoms. The molecule has 1 saturated heterocycles. The zero-order valence-electron chi connectivity index (χ0n) is 11.9. The molecule has 1 aliphatic heterocycles. The van der Waals surface area contributed by atoms with Crippen molar-refractivity contribution in [2.45, 2.75) is 26.9 Å². The van der Waals surface area contributed by atoms with E-state index in [0.29, 0.717) is 11.8 Å². The summed E-state index contributed by atoms with van der Waals surface area (Å²) in [5.74, 6) is 0.387. The number of carbonyl (C=O) groups excluding carboxylic acids is 2. The average molecular weight is 323 g/mol. The fourth-order valence-corrected chi connectivity index (χ4v) is 3.91. The first kappa shape index (κ1) is 15.9. The van der Waals surface area contributed by atoms with Crippen LogP contribution in [0.5, 0.6) is 0 Å². The van der Waals surface area contributed by atoms with Gasteiger partial charge in [-0.2, -0.15) is 0 Å². The molecule has 4 nitrogen and oxygen atoms in total. The average Bonchev–Trinajstić information content (AvgIpc) is 2.59. The minimum Gasteiger partial charge on any atom is -0.461 e. The Hall–Kier alpha value is -0.480. The molecule has 5 atom stereocenters. The van der Waals surface area contributed by atoms with E-state index < -0.39 is 5.41 Å². The maximum Gasteiger partial charge on any atom is 0.311 e. The maximum atomic E-state index is 11.9. The zero-order chi connectivity index (χ0) is 15.1. The van der Waals surface area contributed by atoms with Gasteiger partial charge in [-0.15, -0.1) is 23.2 Å². The molecule has 0 aromatic carbocycles. The molecular formula is C14H20Cl2O4. The van der Waals surface area contributed by atoms with Crippen molar-refractivity contribution in [2.24, 2.45) is 29.1 Å². The number of rotatable bonds is 4. The van der Waals surface area contributed by atoms with E-state index in [0.717, 1.165) is 0 Å². The van der Waals surface area contributed by atoms with Crippen LogP contribution in [0.25, 0.3) is 0 Å². The highest BCUT2D eigenvalue weighted by Gasteiger charge is 2.62. The Morgan fingerprint density at radius 1 is 1.25 bits per heavy atom. The lowest BCUT2D eigenvalue weighted by Crippen LogP contribution is -2.52. The molecule has 0 N–H and O–H groups in total. The van der Waals surface area contributed by atoms with Crippen molar-refractivity contribution in [3.63, 3.8) is 0 Å². The summed E-state index contributed by atoms with van der Waals surface area (Å²) >= 11 is 11.9. The summed E-state index contributed by atoms with van der Waals surface area (Å²) in [6.45, 7) is 5.46. The second kappa shape index (κ2) is 5.72. The monoisotopic (exact) mass is 322 g/mol. The van der Waals surface area contributed by atoms with Gasteiger partial charge in [0.25, 0.3) is 0 Å². The SMILES string of the molecule is CC(C)(C)C(=O)OC[C@H]1OC(=O)[C@H]2[C@@H](CCl)[C@H](CCl)[C@H]21. The third-order valence-corrected chi connectivity index (χ3v) is 4.95. The molecule has 0 aromatic heterocycles. The second-order valence-electron chi connectivity index (χ2n) is 6.56. The molecule has 0 aromatic rings. The van der Waals surface area contributed by atoms with Crippen molar-refractivity contribution in [1.82, 2.24) is 0 Å². The Bertz CT molecular complexity index is 404. The van der Waals surface area contributed by atoms with Crippen LogP contribution in [0.1, 0.15) is 20.8 Å². The molecule has 2 fully saturated rings. The summed E-state index contributed by atoms with van der Waals surface area (Å²) in [4.78, 5) is 23.6. The van der Waals surface area contributed by atoms with E-state index in [4.69, 9.17) is 32.7 Å². The van der Waals surface area contributed by atoms with Crippen molar-refractivity contribution in [3.05, 3.63) is 0 Å². The van der Waals surface area contributed by atoms with Crippen molar-refractivity contribution in [1.29, 1.82) is 0 Å². The molecular weight excluding hydrogens is 303 g/mol. The van der Waals surface area contributed by atoms with Gasteiger partial charge in [0.1, 0.15) is 12.7 Å². The molecule has 2 aliphatic rings. The van der Waals surface area contributed by atoms with Crippen LogP contribution in [0, 0.1) is 29.1 Å². The summed E-state index contributed by atoms with van der Waals surface area (Å²) in [7, 11) is 0. The van der Waals surface area contributed by atoms with Crippen molar-refractivity contribution >= 4 is 35.1 Å². The van der Waals surface area contributed by atoms with E-state index in [1.165, 1.54) is 0 Å². The number of fused-ring (bicyclic) bond motifs is 1. The highest BCUT2D eigenvalue weighted by Crippen LogP contribution is 2.54. The fraction of sp³-hybridized carbons (Fsp3) is 0.857. The first-order chi connectivity index (χ1) is 9.31. The van der Waals surface area contributed by atoms with Gasteiger partial charge in [-0.25, -0.2) is 0 Å². The molecule has 114 valence electrons. The van der Waals surface area contributed by atoms with Crippen LogP contribution in [-0.4, -0.2) is 36.4 Å². The summed E-state index contributed by atoms with van der Waals surface area (Å²) in [5.41, 5.74) is -0.563. The van der Waals surface area contributed by atoms with Crippen molar-refractivity contribution in [2.75, 3.05) is 18.4 Å². The van der Waals surface area contributed by atoms with Gasteiger partial charge < -0.3 is 9.47 Å². The van der Waals surface area contributed by atoms with Crippen LogP contribution in [0.3, 0.4) is 0 Å². The second-order valence-corrected chi connectivity index (χ2v) is 7.18. The van der Waals surface area contributed by atoms with Gasteiger partial charge in [-0.3, -0.25) is 9.59 Å². The van der Waals surface area contributed by atoms with Crippen LogP contribution in [-0.2, 0) is 19.1 Å². The smallest absolute Gasteiger partial charge is 0.311 e. The Morgan fingerprint density at radius 2 is 1.85 bits per heavy atom. The van der Waals surface area contributed by atoms with Gasteiger partial charge in [-0.1, -0.05) is 0 Å². The largest absolute Gasteiger partial charge is 0.461 e. The molecule has 0 unspecified atom stereocenters. The Kier molecular flexibility index (Phi) is 4.55. The summed E-state index contributed by atoms with van der Waals surface area (Å²) in [6.07, 6.45) is -0.387. The fourth-order valence-electron chi connectivity index (χ4n) is 3.05. The third-order valence-electron chi connectivity index (χ3n) is 4.24. The van der Waals surface area contributed by atoms with Crippen LogP contribution < -0.4 is 0 Å². The topological polar surface area (TPSA) is 52.6 Å². The molecule has 0 bridgehead atoms. The standard InChI is InChI=1S/C14H20Cl2O4/c1-14(2,3)13(18)19-6-9-10-7(4-15)8(5-16)11(10)12(17)20-9/h7-11H,4-6H2,1-3H3/t7-,8-,9+,10-,11-/m0/s1. The van der Waals surface area contributed by atoms with Gasteiger partial charge in [0.2, 0.25) is 0 Å². The predicted octanol–water partition coefficient (Wildman–Crippen LogP) is 2.46. The van der Waals surface area contributed by atoms with E-state index in [1.807, 2.05) is 0 Å². The zero-order valence-corrected chi connectivity index (χ0v) is 13.4. The van der Waals surface area contributed by atoms with Crippen LogP contribution in [0.4, 0.5) is 0 Å². The third kappa shape index (κ3) is 2.64. The molecule has 0 radical (unpaired) electrons. The number of carbonyl (C=O) groups is 2. The van der Waals surface area contributed by atoms with E-state index in [-0.39, 0.29) is 48.3 Å². The van der Waals surface area contributed by atoms with Gasteiger partial charge in [-0.05, 0) is 32.6 Å². The minimum absolute atomic E-state index is 0.0246. The van der Waals surface area contributed by atoms with E-state index in [1.54, 1.807) is 20.8 Å². The first-order valence-electron chi connectivity index (χ1n) is 6.81. The number of cyclic esters (lactones) is 1. The van der Waals surface area contributed by atoms with Gasteiger partial charge in [0, 0.05) is 17.7 Å². The number of hydrogen-bond acceptors (Lipinski definition) is 4. The van der Waals surface area contributed by atoms with Gasteiger partial charge in [0.15, 0.2) is 0 Å². The van der Waals surface area contributed by atoms with E-state index in [2.05, 4.69) is 0 Å². The lowest BCUT2D eigenvalue weighted by Gasteiger charge is -2.45. The van der Waals surface area contributed by atoms with E-state index in [9.17, 15) is 9.59 Å². The van der Waals surface area contributed by atoms with Crippen LogP contribution >= 0.6 is 23.2 Å². The number of ether oxygens (including phenoxy) is 2. The normalized spacial score (nSPS) is 36.0. The van der Waals surface area contributed by atoms with Crippen LogP contribution in [0.15, 0.2) is 0 Å². The Morgan fingerprint density at radius 3 is 2.35 bits per heavy atom. The lowest BCUT2D eigenvalue weighted by atomic mass is 9.57. The molecule has 0 amide bonds. The maximum absolute atomic E-state index is 11.9. The first-order valence-corrected chi connectivity index (χ1v) is 7.87. The highest BCUT2D eigenvalue weighted by molar-refractivity contribution is 6.19. The van der Waals surface area contributed by atoms with Crippen LogP contribution in [0.2, 0.25) is 0 Å². The number of hydrogen-bond donors (Lipinski definition) is 0. The Balaban J connectivity index is 1.97. The number of alkyl halides is 2. The quantitative estimate of drug-likeness (QED) is 0.589. The minimum atomic E-state index is -0.563. The molecule has 1 aliphatic carbocycles. The van der Waals surface area contributed by atoms with Crippen molar-refractivity contribution < 1.29 is 19.1 Å². The summed E-state index contributed by atoms with van der Waals surface area (Å²) in [6, 6.07) is 0. The number of halogens is 2. The number of esters is 2. The molecule has 6 heteroatoms. The summed E-state index contributed by atoms with van der Waals surface area (Å²) < 4.78 is 10.6. The molecule has 1 heterocycles. The highest BCUT2D eigenvalue weighted by atomic mass is 35.5. The van der Waals surface area contributed by atoms with Crippen molar-refractivity contribution in [3.8, 4) is 0 Å². The summed E-state index contributed by atoms with van der Waals surface area (Å²) in [5, 5.41) is 0. The molecule has 0 spiro atoms. The van der Waals surface area contributed by atoms with Gasteiger partial charge in [0.05, 0.1) is 11.3 Å². The lowest BCUT2D eigenvalue weighted by molar-refractivity contribution is -0.160. The van der Waals surface area contributed by atoms with E-state index >= 15 is 0 Å². The Labute approximate surface area is 129 Å². The predicted molar refractivity (Wildman–Crippen MR) is 75.7 cm³/mol.